The van der Waals surface area contributed by atoms with E-state index in [1.54, 1.807) is 11.1 Å². The van der Waals surface area contributed by atoms with E-state index in [1.807, 2.05) is 0 Å². The molecule has 1 aromatic heterocycles. The number of nitrogens with zero attached hydrogens (tertiary/aromatic N) is 2. The van der Waals surface area contributed by atoms with Crippen molar-refractivity contribution in [2.75, 3.05) is 6.54 Å². The number of pyridine rings is 1. The van der Waals surface area contributed by atoms with Crippen LogP contribution in [0.15, 0.2) is 60.1 Å². The summed E-state index contributed by atoms with van der Waals surface area (Å²) in [7, 11) is 0. The molecule has 1 aliphatic heterocycles. The van der Waals surface area contributed by atoms with Crippen molar-refractivity contribution >= 4 is 6.21 Å². The summed E-state index contributed by atoms with van der Waals surface area (Å²) in [4.78, 5) is 0. The van der Waals surface area contributed by atoms with E-state index in [2.05, 4.69) is 70.4 Å². The van der Waals surface area contributed by atoms with Gasteiger partial charge in [0.25, 0.3) is 6.21 Å². The van der Waals surface area contributed by atoms with E-state index in [9.17, 15) is 0 Å². The fourth-order valence-corrected chi connectivity index (χ4v) is 5.08. The molecule has 0 N–H and O–H groups in total. The summed E-state index contributed by atoms with van der Waals surface area (Å²) in [5, 5.41) is 0. The van der Waals surface area contributed by atoms with Gasteiger partial charge >= 0.3 is 6.20 Å². The van der Waals surface area contributed by atoms with Gasteiger partial charge in [-0.3, -0.25) is 0 Å². The lowest BCUT2D eigenvalue weighted by atomic mass is 9.91. The van der Waals surface area contributed by atoms with Crippen LogP contribution in [0, 0.1) is 6.08 Å². The minimum absolute atomic E-state index is 1.12. The molecule has 0 radical (unpaired) electrons. The van der Waals surface area contributed by atoms with Gasteiger partial charge in [-0.25, -0.2) is 4.57 Å². The van der Waals surface area contributed by atoms with Crippen molar-refractivity contribution in [1.29, 1.82) is 0 Å². The van der Waals surface area contributed by atoms with Crippen molar-refractivity contribution in [1.82, 2.24) is 0 Å². The second-order valence-corrected chi connectivity index (χ2v) is 9.64. The number of aryl methyl sites for hydroxylation is 3. The van der Waals surface area contributed by atoms with Gasteiger partial charge in [0.1, 0.15) is 6.54 Å². The molecule has 0 bridgehead atoms. The maximum Gasteiger partial charge on any atom is 0.314 e. The Morgan fingerprint density at radius 1 is 0.781 bits per heavy atom. The van der Waals surface area contributed by atoms with Crippen LogP contribution in [0.4, 0.5) is 0 Å². The highest BCUT2D eigenvalue weighted by atomic mass is 15.0. The standard InChI is InChI=1S/C30H41N2/c1(3-5-7-13-21-31-23-19-27-15-9-11-17-29(27)25-31)2-4-6-8-14-22-32-24-20-28-16-10-12-18-30(28)26-32/h1-4,19,23-26H,5-18,21-22H2/q+3/b3-1-,4-2-. The molecule has 2 aliphatic carbocycles. The van der Waals surface area contributed by atoms with Gasteiger partial charge in [-0.1, -0.05) is 24.3 Å². The Morgan fingerprint density at radius 2 is 1.50 bits per heavy atom. The van der Waals surface area contributed by atoms with Gasteiger partial charge < -0.3 is 0 Å². The summed E-state index contributed by atoms with van der Waals surface area (Å²) in [5.74, 6) is 0. The van der Waals surface area contributed by atoms with Crippen LogP contribution in [0.25, 0.3) is 0 Å². The Kier molecular flexibility index (Phi) is 9.04. The first-order valence-electron chi connectivity index (χ1n) is 13.1. The van der Waals surface area contributed by atoms with Crippen LogP contribution < -0.4 is 4.57 Å². The third-order valence-corrected chi connectivity index (χ3v) is 7.04. The summed E-state index contributed by atoms with van der Waals surface area (Å²) in [5.41, 5.74) is 6.16. The molecule has 0 aromatic carbocycles. The molecule has 0 unspecified atom stereocenters. The maximum absolute atomic E-state index is 3.51. The molecule has 32 heavy (non-hydrogen) atoms. The van der Waals surface area contributed by atoms with Gasteiger partial charge in [0.15, 0.2) is 36.2 Å². The molecule has 0 atom stereocenters. The third-order valence-electron chi connectivity index (χ3n) is 7.04. The third kappa shape index (κ3) is 7.10. The number of unbranched alkanes of at least 4 members (excludes halogenated alkanes) is 4. The van der Waals surface area contributed by atoms with Gasteiger partial charge in [0.2, 0.25) is 0 Å². The second kappa shape index (κ2) is 12.7. The number of fused-ring (bicyclic) bond motifs is 1. The highest BCUT2D eigenvalue weighted by Gasteiger charge is 2.27. The predicted molar refractivity (Wildman–Crippen MR) is 134 cm³/mol. The Labute approximate surface area is 195 Å². The summed E-state index contributed by atoms with van der Waals surface area (Å²) < 4.78 is 4.74. The van der Waals surface area contributed by atoms with E-state index in [0.717, 1.165) is 13.1 Å². The molecular formula is C30H41N2+3. The largest absolute Gasteiger partial charge is 0.314 e. The molecule has 2 nitrogen and oxygen atoms in total. The van der Waals surface area contributed by atoms with Gasteiger partial charge in [-0.05, 0) is 69.8 Å². The van der Waals surface area contributed by atoms with Crippen molar-refractivity contribution in [3.8, 4) is 0 Å². The number of hydrogen-bond donors (Lipinski definition) is 0. The van der Waals surface area contributed by atoms with E-state index < -0.39 is 0 Å². The molecule has 2 heteroatoms. The van der Waals surface area contributed by atoms with Crippen LogP contribution in [-0.4, -0.2) is 17.3 Å². The molecule has 0 spiro atoms. The number of aromatic nitrogens is 1. The van der Waals surface area contributed by atoms with Crippen molar-refractivity contribution in [3.05, 3.63) is 77.3 Å². The van der Waals surface area contributed by atoms with Crippen molar-refractivity contribution in [3.63, 3.8) is 0 Å². The Hall–Kier alpha value is -2.31. The van der Waals surface area contributed by atoms with E-state index in [-0.39, 0.29) is 0 Å². The summed E-state index contributed by atoms with van der Waals surface area (Å²) in [6, 6.07) is 2.35. The zero-order chi connectivity index (χ0) is 21.8. The lowest BCUT2D eigenvalue weighted by Crippen LogP contribution is -2.34. The SMILES string of the molecule is [C+]1=C[N+](CCCC/C=C\C=C/CCCC[n+]2ccc3c(c2)CCCC3)=CC2=C1CCCC2. The van der Waals surface area contributed by atoms with Gasteiger partial charge in [0, 0.05) is 37.3 Å². The number of allylic oxidation sites excluding steroid dienone is 7. The topological polar surface area (TPSA) is 6.89 Å². The highest BCUT2D eigenvalue weighted by molar-refractivity contribution is 5.77. The normalized spacial score (nSPS) is 18.1. The smallest absolute Gasteiger partial charge is 0.205 e. The zero-order valence-corrected chi connectivity index (χ0v) is 19.9. The van der Waals surface area contributed by atoms with Crippen molar-refractivity contribution in [2.45, 2.75) is 96.4 Å². The van der Waals surface area contributed by atoms with E-state index >= 15 is 0 Å². The molecule has 1 aromatic rings. The molecule has 0 saturated heterocycles. The lowest BCUT2D eigenvalue weighted by molar-refractivity contribution is -0.697. The lowest BCUT2D eigenvalue weighted by Gasteiger charge is -2.13. The predicted octanol–water partition coefficient (Wildman–Crippen LogP) is 6.59. The van der Waals surface area contributed by atoms with Gasteiger partial charge in [-0.2, -0.15) is 4.58 Å². The van der Waals surface area contributed by atoms with Crippen LogP contribution in [-0.2, 0) is 19.4 Å². The maximum atomic E-state index is 3.51. The van der Waals surface area contributed by atoms with Gasteiger partial charge in [-0.15, -0.1) is 0 Å². The molecule has 0 saturated carbocycles. The zero-order valence-electron chi connectivity index (χ0n) is 19.9. The first-order valence-corrected chi connectivity index (χ1v) is 13.1. The van der Waals surface area contributed by atoms with E-state index in [0.29, 0.717) is 0 Å². The van der Waals surface area contributed by atoms with Crippen LogP contribution in [0.5, 0.6) is 0 Å². The fourth-order valence-electron chi connectivity index (χ4n) is 5.08. The molecular weight excluding hydrogens is 388 g/mol. The summed E-state index contributed by atoms with van der Waals surface area (Å²) in [6.45, 7) is 2.27. The summed E-state index contributed by atoms with van der Waals surface area (Å²) in [6.07, 6.45) is 39.6. The average molecular weight is 430 g/mol. The van der Waals surface area contributed by atoms with Crippen molar-refractivity contribution < 1.29 is 9.14 Å². The number of rotatable bonds is 11. The first kappa shape index (κ1) is 22.9. The van der Waals surface area contributed by atoms with Crippen LogP contribution in [0.1, 0.15) is 88.2 Å². The molecule has 0 fully saturated rings. The van der Waals surface area contributed by atoms with Crippen molar-refractivity contribution in [2.24, 2.45) is 0 Å². The Bertz CT molecular complexity index is 897. The second-order valence-electron chi connectivity index (χ2n) is 9.64. The monoisotopic (exact) mass is 429 g/mol. The summed E-state index contributed by atoms with van der Waals surface area (Å²) >= 11 is 0. The molecule has 4 rings (SSSR count). The molecule has 168 valence electrons. The number of hydrogen-bond acceptors (Lipinski definition) is 0. The highest BCUT2D eigenvalue weighted by Crippen LogP contribution is 2.25. The first-order chi connectivity index (χ1) is 15.9. The Morgan fingerprint density at radius 3 is 2.34 bits per heavy atom. The van der Waals surface area contributed by atoms with E-state index in [1.165, 1.54) is 101 Å². The van der Waals surface area contributed by atoms with Crippen LogP contribution in [0.2, 0.25) is 0 Å². The minimum atomic E-state index is 1.12. The minimum Gasteiger partial charge on any atom is -0.205 e. The average Bonchev–Trinajstić information content (AvgIpc) is 2.84. The molecule has 0 amide bonds. The van der Waals surface area contributed by atoms with Crippen LogP contribution in [0.3, 0.4) is 0 Å². The van der Waals surface area contributed by atoms with Crippen LogP contribution >= 0.6 is 0 Å². The van der Waals surface area contributed by atoms with E-state index in [4.69, 9.17) is 0 Å². The fraction of sp³-hybridized carbons (Fsp3) is 0.533. The van der Waals surface area contributed by atoms with Gasteiger partial charge in [0.05, 0.1) is 0 Å². The quantitative estimate of drug-likeness (QED) is 0.162. The molecule has 3 aliphatic rings. The molecule has 2 heterocycles. The Balaban J connectivity index is 1.03.